The van der Waals surface area contributed by atoms with E-state index in [9.17, 15) is 4.79 Å². The van der Waals surface area contributed by atoms with Crippen LogP contribution in [0, 0.1) is 0 Å². The number of carbonyl (C=O) groups excluding carboxylic acids is 1. The molecule has 0 aromatic carbocycles. The third kappa shape index (κ3) is 7.14. The molecule has 0 spiro atoms. The molecule has 0 aromatic heterocycles. The highest BCUT2D eigenvalue weighted by Crippen LogP contribution is 2.22. The quantitative estimate of drug-likeness (QED) is 0.785. The number of rotatable bonds is 7. The second-order valence-electron chi connectivity index (χ2n) is 6.90. The number of amides is 1. The summed E-state index contributed by atoms with van der Waals surface area (Å²) in [4.78, 5) is 14.1. The predicted molar refractivity (Wildman–Crippen MR) is 84.5 cm³/mol. The lowest BCUT2D eigenvalue weighted by molar-refractivity contribution is 0.0220. The molecule has 1 N–H and O–H groups in total. The van der Waals surface area contributed by atoms with Gasteiger partial charge in [-0.3, -0.25) is 0 Å². The van der Waals surface area contributed by atoms with Gasteiger partial charge in [0, 0.05) is 32.3 Å². The van der Waals surface area contributed by atoms with E-state index in [1.807, 2.05) is 25.7 Å². The van der Waals surface area contributed by atoms with Crippen molar-refractivity contribution in [2.45, 2.75) is 71.1 Å². The first-order chi connectivity index (χ1) is 9.83. The number of nitrogens with zero attached hydrogens (tertiary/aromatic N) is 1. The Kier molecular flexibility index (Phi) is 7.46. The van der Waals surface area contributed by atoms with Gasteiger partial charge in [0.15, 0.2) is 0 Å². The van der Waals surface area contributed by atoms with Crippen LogP contribution in [0.1, 0.15) is 53.4 Å². The summed E-state index contributed by atoms with van der Waals surface area (Å²) in [6, 6.07) is 0.753. The highest BCUT2D eigenvalue weighted by molar-refractivity contribution is 5.68. The summed E-state index contributed by atoms with van der Waals surface area (Å²) in [6.07, 6.45) is 3.97. The molecule has 5 nitrogen and oxygen atoms in total. The highest BCUT2D eigenvalue weighted by atomic mass is 16.6. The van der Waals surface area contributed by atoms with Crippen LogP contribution in [-0.4, -0.2) is 55.5 Å². The van der Waals surface area contributed by atoms with E-state index >= 15 is 0 Å². The molecule has 1 aliphatic heterocycles. The van der Waals surface area contributed by atoms with Crippen LogP contribution < -0.4 is 5.32 Å². The van der Waals surface area contributed by atoms with Gasteiger partial charge in [0.2, 0.25) is 0 Å². The van der Waals surface area contributed by atoms with Crippen LogP contribution in [0.2, 0.25) is 0 Å². The van der Waals surface area contributed by atoms with Gasteiger partial charge in [-0.1, -0.05) is 0 Å². The zero-order chi connectivity index (χ0) is 15.9. The van der Waals surface area contributed by atoms with Gasteiger partial charge in [-0.15, -0.1) is 0 Å². The number of hydrogen-bond donors (Lipinski definition) is 1. The van der Waals surface area contributed by atoms with Crippen molar-refractivity contribution in [2.24, 2.45) is 0 Å². The fraction of sp³-hybridized carbons (Fsp3) is 0.938. The second-order valence-corrected chi connectivity index (χ2v) is 6.90. The Hall–Kier alpha value is -0.810. The molecule has 1 heterocycles. The van der Waals surface area contributed by atoms with E-state index in [1.54, 1.807) is 7.11 Å². The molecule has 1 fully saturated rings. The number of likely N-dealkylation sites (tertiary alicyclic amines) is 1. The molecule has 0 aliphatic carbocycles. The number of ether oxygens (including phenoxy) is 2. The first-order valence-corrected chi connectivity index (χ1v) is 8.05. The van der Waals surface area contributed by atoms with Crippen LogP contribution in [0.15, 0.2) is 0 Å². The van der Waals surface area contributed by atoms with Gasteiger partial charge in [0.05, 0.1) is 0 Å². The van der Waals surface area contributed by atoms with Crippen molar-refractivity contribution in [1.29, 1.82) is 0 Å². The molecule has 0 saturated carbocycles. The molecule has 0 aromatic rings. The Morgan fingerprint density at radius 2 is 2.14 bits per heavy atom. The number of nitrogens with one attached hydrogen (secondary N) is 1. The van der Waals surface area contributed by atoms with Crippen LogP contribution in [0.25, 0.3) is 0 Å². The smallest absolute Gasteiger partial charge is 0.410 e. The molecule has 0 radical (unpaired) electrons. The minimum Gasteiger partial charge on any atom is -0.444 e. The van der Waals surface area contributed by atoms with E-state index in [0.717, 1.165) is 45.4 Å². The maximum Gasteiger partial charge on any atom is 0.410 e. The molecule has 1 aliphatic rings. The lowest BCUT2D eigenvalue weighted by atomic mass is 10.1. The van der Waals surface area contributed by atoms with E-state index in [2.05, 4.69) is 12.2 Å². The van der Waals surface area contributed by atoms with Crippen molar-refractivity contribution in [3.63, 3.8) is 0 Å². The summed E-state index contributed by atoms with van der Waals surface area (Å²) in [7, 11) is 1.73. The molecule has 21 heavy (non-hydrogen) atoms. The maximum atomic E-state index is 12.2. The Morgan fingerprint density at radius 1 is 1.43 bits per heavy atom. The van der Waals surface area contributed by atoms with E-state index in [0.29, 0.717) is 12.1 Å². The Labute approximate surface area is 129 Å². The molecule has 1 rings (SSSR count). The minimum absolute atomic E-state index is 0.169. The monoisotopic (exact) mass is 300 g/mol. The summed E-state index contributed by atoms with van der Waals surface area (Å²) in [5, 5.41) is 3.49. The van der Waals surface area contributed by atoms with Gasteiger partial charge in [0.1, 0.15) is 5.60 Å². The molecule has 124 valence electrons. The van der Waals surface area contributed by atoms with Crippen molar-refractivity contribution in [3.8, 4) is 0 Å². The lowest BCUT2D eigenvalue weighted by Gasteiger charge is -2.29. The van der Waals surface area contributed by atoms with Gasteiger partial charge in [0.25, 0.3) is 0 Å². The molecule has 1 amide bonds. The molecule has 2 atom stereocenters. The first-order valence-electron chi connectivity index (χ1n) is 8.05. The largest absolute Gasteiger partial charge is 0.444 e. The van der Waals surface area contributed by atoms with E-state index in [-0.39, 0.29) is 6.09 Å². The highest BCUT2D eigenvalue weighted by Gasteiger charge is 2.31. The van der Waals surface area contributed by atoms with Crippen LogP contribution in [0.4, 0.5) is 4.79 Å². The summed E-state index contributed by atoms with van der Waals surface area (Å²) in [6.45, 7) is 10.4. The molecular weight excluding hydrogens is 268 g/mol. The maximum absolute atomic E-state index is 12.2. The first kappa shape index (κ1) is 18.2. The fourth-order valence-electron chi connectivity index (χ4n) is 2.59. The second kappa shape index (κ2) is 8.59. The van der Waals surface area contributed by atoms with Crippen molar-refractivity contribution in [2.75, 3.05) is 26.8 Å². The lowest BCUT2D eigenvalue weighted by Crippen LogP contribution is -2.41. The summed E-state index contributed by atoms with van der Waals surface area (Å²) in [5.41, 5.74) is -0.420. The molecule has 5 heteroatoms. The van der Waals surface area contributed by atoms with E-state index < -0.39 is 5.60 Å². The van der Waals surface area contributed by atoms with Crippen LogP contribution in [0.3, 0.4) is 0 Å². The van der Waals surface area contributed by atoms with Gasteiger partial charge >= 0.3 is 6.09 Å². The summed E-state index contributed by atoms with van der Waals surface area (Å²) < 4.78 is 10.6. The number of carbonyl (C=O) groups is 1. The van der Waals surface area contributed by atoms with Gasteiger partial charge < -0.3 is 19.7 Å². The average Bonchev–Trinajstić information content (AvgIpc) is 2.82. The predicted octanol–water partition coefficient (Wildman–Crippen LogP) is 2.79. The van der Waals surface area contributed by atoms with Gasteiger partial charge in [-0.25, -0.2) is 4.79 Å². The van der Waals surface area contributed by atoms with Gasteiger partial charge in [-0.05, 0) is 59.9 Å². The van der Waals surface area contributed by atoms with Gasteiger partial charge in [-0.2, -0.15) is 0 Å². The Bertz CT molecular complexity index is 315. The zero-order valence-corrected chi connectivity index (χ0v) is 14.3. The van der Waals surface area contributed by atoms with Crippen LogP contribution >= 0.6 is 0 Å². The third-order valence-electron chi connectivity index (χ3n) is 3.73. The van der Waals surface area contributed by atoms with E-state index in [4.69, 9.17) is 9.47 Å². The molecule has 2 unspecified atom stereocenters. The number of hydrogen-bond acceptors (Lipinski definition) is 4. The summed E-state index contributed by atoms with van der Waals surface area (Å²) >= 11 is 0. The Balaban J connectivity index is 2.32. The molecule has 1 saturated heterocycles. The van der Waals surface area contributed by atoms with E-state index in [1.165, 1.54) is 0 Å². The number of methoxy groups -OCH3 is 1. The van der Waals surface area contributed by atoms with Crippen LogP contribution in [-0.2, 0) is 9.47 Å². The SMILES string of the molecule is COCCC(C)NCCC1CCCN1C(=O)OC(C)(C)C. The fourth-order valence-corrected chi connectivity index (χ4v) is 2.59. The van der Waals surface area contributed by atoms with Crippen molar-refractivity contribution in [3.05, 3.63) is 0 Å². The summed E-state index contributed by atoms with van der Waals surface area (Å²) in [5.74, 6) is 0. The Morgan fingerprint density at radius 3 is 2.76 bits per heavy atom. The van der Waals surface area contributed by atoms with Crippen molar-refractivity contribution in [1.82, 2.24) is 10.2 Å². The van der Waals surface area contributed by atoms with Crippen LogP contribution in [0.5, 0.6) is 0 Å². The molecular formula is C16H32N2O3. The standard InChI is InChI=1S/C16H32N2O3/c1-13(9-12-20-5)17-10-8-14-7-6-11-18(14)15(19)21-16(2,3)4/h13-14,17H,6-12H2,1-5H3. The third-order valence-corrected chi connectivity index (χ3v) is 3.73. The zero-order valence-electron chi connectivity index (χ0n) is 14.3. The average molecular weight is 300 g/mol. The molecule has 0 bridgehead atoms. The van der Waals surface area contributed by atoms with Crippen molar-refractivity contribution >= 4 is 6.09 Å². The normalized spacial score (nSPS) is 20.6. The van der Waals surface area contributed by atoms with Crippen molar-refractivity contribution < 1.29 is 14.3 Å². The topological polar surface area (TPSA) is 50.8 Å². The minimum atomic E-state index is -0.420.